The molecule has 20 heavy (non-hydrogen) atoms. The van der Waals surface area contributed by atoms with Gasteiger partial charge in [-0.05, 0) is 30.5 Å². The number of nitrogens with zero attached hydrogens (tertiary/aromatic N) is 1. The Bertz CT molecular complexity index is 468. The number of likely N-dealkylation sites (tertiary alicyclic amines) is 1. The maximum atomic E-state index is 11.0. The number of amides is 1. The van der Waals surface area contributed by atoms with Crippen LogP contribution >= 0.6 is 0 Å². The zero-order valence-corrected chi connectivity index (χ0v) is 12.2. The summed E-state index contributed by atoms with van der Waals surface area (Å²) in [6.07, 6.45) is 2.01. The van der Waals surface area contributed by atoms with E-state index in [0.29, 0.717) is 11.7 Å². The smallest absolute Gasteiger partial charge is 0.217 e. The van der Waals surface area contributed by atoms with Gasteiger partial charge >= 0.3 is 0 Å². The summed E-state index contributed by atoms with van der Waals surface area (Å²) < 4.78 is 5.16. The number of carbonyl (C=O) groups excluding carboxylic acids is 1. The van der Waals surface area contributed by atoms with E-state index in [-0.39, 0.29) is 5.91 Å². The van der Waals surface area contributed by atoms with E-state index in [4.69, 9.17) is 10.5 Å². The van der Waals surface area contributed by atoms with Crippen LogP contribution in [0.2, 0.25) is 0 Å². The Balaban J connectivity index is 1.86. The molecule has 1 aromatic carbocycles. The SMILES string of the molecule is COc1ccc(CN2CCC(NC(C)=O)CC2)cc1N. The van der Waals surface area contributed by atoms with Gasteiger partial charge in [-0.25, -0.2) is 0 Å². The topological polar surface area (TPSA) is 67.6 Å². The molecule has 5 nitrogen and oxygen atoms in total. The lowest BCUT2D eigenvalue weighted by molar-refractivity contribution is -0.119. The minimum Gasteiger partial charge on any atom is -0.495 e. The molecule has 0 aliphatic carbocycles. The number of carbonyl (C=O) groups is 1. The van der Waals surface area contributed by atoms with Gasteiger partial charge in [-0.2, -0.15) is 0 Å². The molecule has 0 atom stereocenters. The van der Waals surface area contributed by atoms with Crippen LogP contribution in [0.1, 0.15) is 25.3 Å². The summed E-state index contributed by atoms with van der Waals surface area (Å²) >= 11 is 0. The summed E-state index contributed by atoms with van der Waals surface area (Å²) in [4.78, 5) is 13.4. The number of anilines is 1. The summed E-state index contributed by atoms with van der Waals surface area (Å²) in [6, 6.07) is 6.26. The minimum absolute atomic E-state index is 0.0615. The van der Waals surface area contributed by atoms with Crippen LogP contribution in [0.4, 0.5) is 5.69 Å². The van der Waals surface area contributed by atoms with E-state index >= 15 is 0 Å². The lowest BCUT2D eigenvalue weighted by Crippen LogP contribution is -2.43. The standard InChI is InChI=1S/C15H23N3O2/c1-11(19)17-13-5-7-18(8-6-13)10-12-3-4-15(20-2)14(16)9-12/h3-4,9,13H,5-8,10,16H2,1-2H3,(H,17,19). The first-order chi connectivity index (χ1) is 9.58. The van der Waals surface area contributed by atoms with Gasteiger partial charge in [0, 0.05) is 32.6 Å². The van der Waals surface area contributed by atoms with Gasteiger partial charge < -0.3 is 15.8 Å². The predicted octanol–water partition coefficient (Wildman–Crippen LogP) is 1.38. The van der Waals surface area contributed by atoms with Crippen molar-refractivity contribution in [3.05, 3.63) is 23.8 Å². The molecule has 110 valence electrons. The number of nitrogen functional groups attached to an aromatic ring is 1. The Hall–Kier alpha value is -1.75. The molecule has 5 heteroatoms. The molecule has 0 unspecified atom stereocenters. The molecule has 1 amide bonds. The number of rotatable bonds is 4. The fraction of sp³-hybridized carbons (Fsp3) is 0.533. The third kappa shape index (κ3) is 3.87. The average molecular weight is 277 g/mol. The molecule has 0 bridgehead atoms. The van der Waals surface area contributed by atoms with Crippen LogP contribution in [-0.4, -0.2) is 37.0 Å². The van der Waals surface area contributed by atoms with Crippen molar-refractivity contribution in [1.29, 1.82) is 0 Å². The van der Waals surface area contributed by atoms with E-state index in [9.17, 15) is 4.79 Å². The van der Waals surface area contributed by atoms with E-state index < -0.39 is 0 Å². The van der Waals surface area contributed by atoms with E-state index in [2.05, 4.69) is 16.3 Å². The summed E-state index contributed by atoms with van der Waals surface area (Å²) in [5.74, 6) is 0.782. The molecule has 1 aliphatic heterocycles. The van der Waals surface area contributed by atoms with Crippen LogP contribution < -0.4 is 15.8 Å². The number of nitrogens with one attached hydrogen (secondary N) is 1. The van der Waals surface area contributed by atoms with Crippen LogP contribution in [0.3, 0.4) is 0 Å². The first-order valence-corrected chi connectivity index (χ1v) is 7.00. The summed E-state index contributed by atoms with van der Waals surface area (Å²) in [7, 11) is 1.62. The van der Waals surface area contributed by atoms with Crippen molar-refractivity contribution in [1.82, 2.24) is 10.2 Å². The number of methoxy groups -OCH3 is 1. The van der Waals surface area contributed by atoms with Crippen LogP contribution in [0.15, 0.2) is 18.2 Å². The molecule has 0 radical (unpaired) electrons. The van der Waals surface area contributed by atoms with Crippen molar-refractivity contribution >= 4 is 11.6 Å². The van der Waals surface area contributed by atoms with Gasteiger partial charge in [0.05, 0.1) is 12.8 Å². The highest BCUT2D eigenvalue weighted by atomic mass is 16.5. The number of piperidine rings is 1. The lowest BCUT2D eigenvalue weighted by atomic mass is 10.0. The van der Waals surface area contributed by atoms with Gasteiger partial charge in [-0.3, -0.25) is 9.69 Å². The van der Waals surface area contributed by atoms with Crippen molar-refractivity contribution in [2.45, 2.75) is 32.4 Å². The maximum absolute atomic E-state index is 11.0. The third-order valence-corrected chi connectivity index (χ3v) is 3.70. The Morgan fingerprint density at radius 3 is 2.70 bits per heavy atom. The molecule has 1 heterocycles. The van der Waals surface area contributed by atoms with Crippen molar-refractivity contribution in [3.63, 3.8) is 0 Å². The van der Waals surface area contributed by atoms with Crippen molar-refractivity contribution in [2.75, 3.05) is 25.9 Å². The summed E-state index contributed by atoms with van der Waals surface area (Å²) in [6.45, 7) is 4.46. The number of benzene rings is 1. The van der Waals surface area contributed by atoms with Gasteiger partial charge in [-0.1, -0.05) is 6.07 Å². The van der Waals surface area contributed by atoms with Crippen LogP contribution in [0.5, 0.6) is 5.75 Å². The van der Waals surface area contributed by atoms with Crippen molar-refractivity contribution in [2.24, 2.45) is 0 Å². The molecule has 0 saturated carbocycles. The molecule has 1 aromatic rings. The number of hydrogen-bond acceptors (Lipinski definition) is 4. The first-order valence-electron chi connectivity index (χ1n) is 7.00. The Morgan fingerprint density at radius 2 is 2.15 bits per heavy atom. The third-order valence-electron chi connectivity index (χ3n) is 3.70. The van der Waals surface area contributed by atoms with Crippen LogP contribution in [0.25, 0.3) is 0 Å². The second kappa shape index (κ2) is 6.61. The van der Waals surface area contributed by atoms with Gasteiger partial charge in [0.1, 0.15) is 5.75 Å². The van der Waals surface area contributed by atoms with Gasteiger partial charge in [0.15, 0.2) is 0 Å². The zero-order chi connectivity index (χ0) is 14.5. The highest BCUT2D eigenvalue weighted by molar-refractivity contribution is 5.73. The molecule has 2 rings (SSSR count). The molecule has 1 fully saturated rings. The summed E-state index contributed by atoms with van der Waals surface area (Å²) in [5.41, 5.74) is 7.80. The van der Waals surface area contributed by atoms with Gasteiger partial charge in [0.25, 0.3) is 0 Å². The number of ether oxygens (including phenoxy) is 1. The van der Waals surface area contributed by atoms with Gasteiger partial charge in [-0.15, -0.1) is 0 Å². The van der Waals surface area contributed by atoms with E-state index in [1.54, 1.807) is 14.0 Å². The highest BCUT2D eigenvalue weighted by Gasteiger charge is 2.19. The Morgan fingerprint density at radius 1 is 1.45 bits per heavy atom. The normalized spacial score (nSPS) is 16.9. The van der Waals surface area contributed by atoms with E-state index in [1.165, 1.54) is 5.56 Å². The highest BCUT2D eigenvalue weighted by Crippen LogP contribution is 2.23. The second-order valence-corrected chi connectivity index (χ2v) is 5.33. The average Bonchev–Trinajstić information content (AvgIpc) is 2.41. The van der Waals surface area contributed by atoms with Crippen molar-refractivity contribution < 1.29 is 9.53 Å². The first kappa shape index (κ1) is 14.7. The quantitative estimate of drug-likeness (QED) is 0.816. The van der Waals surface area contributed by atoms with E-state index in [0.717, 1.165) is 38.2 Å². The zero-order valence-electron chi connectivity index (χ0n) is 12.2. The van der Waals surface area contributed by atoms with Crippen LogP contribution in [0, 0.1) is 0 Å². The summed E-state index contributed by atoms with van der Waals surface area (Å²) in [5, 5.41) is 2.99. The molecular weight excluding hydrogens is 254 g/mol. The number of hydrogen-bond donors (Lipinski definition) is 2. The molecule has 1 aliphatic rings. The molecule has 3 N–H and O–H groups in total. The van der Waals surface area contributed by atoms with Crippen molar-refractivity contribution in [3.8, 4) is 5.75 Å². The Kier molecular flexibility index (Phi) is 4.84. The fourth-order valence-corrected chi connectivity index (χ4v) is 2.66. The maximum Gasteiger partial charge on any atom is 0.217 e. The van der Waals surface area contributed by atoms with E-state index in [1.807, 2.05) is 12.1 Å². The molecule has 1 saturated heterocycles. The molecular formula is C15H23N3O2. The Labute approximate surface area is 120 Å². The predicted molar refractivity (Wildman–Crippen MR) is 79.5 cm³/mol. The molecule has 0 aromatic heterocycles. The van der Waals surface area contributed by atoms with Crippen LogP contribution in [-0.2, 0) is 11.3 Å². The fourth-order valence-electron chi connectivity index (χ4n) is 2.66. The number of nitrogens with two attached hydrogens (primary N) is 1. The lowest BCUT2D eigenvalue weighted by Gasteiger charge is -2.32. The van der Waals surface area contributed by atoms with Gasteiger partial charge in [0.2, 0.25) is 5.91 Å². The molecule has 0 spiro atoms. The monoisotopic (exact) mass is 277 g/mol. The minimum atomic E-state index is 0.0615. The second-order valence-electron chi connectivity index (χ2n) is 5.33. The largest absolute Gasteiger partial charge is 0.495 e.